The largest absolute Gasteiger partial charge is 0.494 e. The van der Waals surface area contributed by atoms with E-state index in [1.54, 1.807) is 6.21 Å². The molecule has 0 aliphatic rings. The first kappa shape index (κ1) is 13.7. The Hall–Kier alpha value is -2.26. The summed E-state index contributed by atoms with van der Waals surface area (Å²) in [6, 6.07) is 13.6. The summed E-state index contributed by atoms with van der Waals surface area (Å²) in [7, 11) is 0. The minimum Gasteiger partial charge on any atom is -0.494 e. The number of hydrogen-bond donors (Lipinski definition) is 2. The second-order valence-electron chi connectivity index (χ2n) is 5.03. The van der Waals surface area contributed by atoms with Crippen LogP contribution in [0.15, 0.2) is 47.5 Å². The zero-order valence-corrected chi connectivity index (χ0v) is 12.4. The molecule has 0 saturated heterocycles. The highest BCUT2D eigenvalue weighted by Crippen LogP contribution is 2.26. The highest BCUT2D eigenvalue weighted by Gasteiger charge is 2.08. The maximum atomic E-state index is 9.99. The lowest BCUT2D eigenvalue weighted by Gasteiger charge is -1.97. The van der Waals surface area contributed by atoms with E-state index in [-0.39, 0.29) is 5.88 Å². The van der Waals surface area contributed by atoms with Gasteiger partial charge < -0.3 is 10.1 Å². The number of fused-ring (bicyclic) bond motifs is 1. The van der Waals surface area contributed by atoms with Crippen LogP contribution in [0.4, 0.5) is 0 Å². The van der Waals surface area contributed by atoms with Gasteiger partial charge in [-0.2, -0.15) is 0 Å². The van der Waals surface area contributed by atoms with Gasteiger partial charge in [0.1, 0.15) is 0 Å². The molecule has 0 amide bonds. The Balaban J connectivity index is 1.87. The number of hydrogen-bond acceptors (Lipinski definition) is 2. The van der Waals surface area contributed by atoms with Gasteiger partial charge in [-0.1, -0.05) is 35.4 Å². The number of aromatic nitrogens is 1. The standard InChI is InChI=1S/C17H15ClN2O/c1-11-2-7-16-14(8-11)15(17(21)20-16)10-19-9-12-3-5-13(18)6-4-12/h2-8,10,20-21H,9H2,1H3. The van der Waals surface area contributed by atoms with Crippen molar-refractivity contribution in [3.63, 3.8) is 0 Å². The summed E-state index contributed by atoms with van der Waals surface area (Å²) in [4.78, 5) is 7.36. The molecule has 2 N–H and O–H groups in total. The van der Waals surface area contributed by atoms with Crippen molar-refractivity contribution in [3.8, 4) is 5.88 Å². The number of nitrogens with one attached hydrogen (secondary N) is 1. The molecule has 0 atom stereocenters. The Morgan fingerprint density at radius 3 is 2.71 bits per heavy atom. The molecule has 21 heavy (non-hydrogen) atoms. The van der Waals surface area contributed by atoms with E-state index in [9.17, 15) is 5.11 Å². The van der Waals surface area contributed by atoms with Crippen LogP contribution in [0.1, 0.15) is 16.7 Å². The number of benzene rings is 2. The van der Waals surface area contributed by atoms with Gasteiger partial charge >= 0.3 is 0 Å². The molecule has 3 nitrogen and oxygen atoms in total. The summed E-state index contributed by atoms with van der Waals surface area (Å²) in [5.41, 5.74) is 3.86. The molecule has 3 rings (SSSR count). The van der Waals surface area contributed by atoms with Gasteiger partial charge in [-0.05, 0) is 36.8 Å². The van der Waals surface area contributed by atoms with E-state index in [1.165, 1.54) is 0 Å². The first-order chi connectivity index (χ1) is 10.1. The molecular formula is C17H15ClN2O. The molecule has 106 valence electrons. The number of H-pyrrole nitrogens is 1. The summed E-state index contributed by atoms with van der Waals surface area (Å²) in [5, 5.41) is 11.7. The van der Waals surface area contributed by atoms with Gasteiger partial charge in [-0.25, -0.2) is 0 Å². The van der Waals surface area contributed by atoms with Crippen molar-refractivity contribution in [2.75, 3.05) is 0 Å². The lowest BCUT2D eigenvalue weighted by atomic mass is 10.1. The van der Waals surface area contributed by atoms with E-state index in [2.05, 4.69) is 9.98 Å². The topological polar surface area (TPSA) is 48.4 Å². The molecule has 0 radical (unpaired) electrons. The van der Waals surface area contributed by atoms with Gasteiger partial charge in [0.15, 0.2) is 5.88 Å². The van der Waals surface area contributed by atoms with Crippen molar-refractivity contribution in [1.29, 1.82) is 0 Å². The van der Waals surface area contributed by atoms with Gasteiger partial charge in [-0.3, -0.25) is 4.99 Å². The summed E-state index contributed by atoms with van der Waals surface area (Å²) in [6.07, 6.45) is 1.71. The van der Waals surface area contributed by atoms with Gasteiger partial charge in [0.25, 0.3) is 0 Å². The monoisotopic (exact) mass is 298 g/mol. The third-order valence-electron chi connectivity index (χ3n) is 3.38. The molecule has 0 fully saturated rings. The fourth-order valence-electron chi connectivity index (χ4n) is 2.28. The first-order valence-corrected chi connectivity index (χ1v) is 7.07. The van der Waals surface area contributed by atoms with E-state index >= 15 is 0 Å². The van der Waals surface area contributed by atoms with Crippen molar-refractivity contribution >= 4 is 28.7 Å². The Morgan fingerprint density at radius 2 is 1.95 bits per heavy atom. The molecule has 0 bridgehead atoms. The highest BCUT2D eigenvalue weighted by molar-refractivity contribution is 6.30. The number of aromatic amines is 1. The quantitative estimate of drug-likeness (QED) is 0.689. The van der Waals surface area contributed by atoms with Crippen LogP contribution in [-0.2, 0) is 6.54 Å². The van der Waals surface area contributed by atoms with E-state index in [1.807, 2.05) is 49.4 Å². The van der Waals surface area contributed by atoms with Crippen molar-refractivity contribution < 1.29 is 5.11 Å². The predicted octanol–water partition coefficient (Wildman–Crippen LogP) is 4.45. The predicted molar refractivity (Wildman–Crippen MR) is 87.5 cm³/mol. The van der Waals surface area contributed by atoms with Crippen LogP contribution in [0.2, 0.25) is 5.02 Å². The van der Waals surface area contributed by atoms with Crippen LogP contribution < -0.4 is 0 Å². The van der Waals surface area contributed by atoms with Crippen molar-refractivity contribution in [2.24, 2.45) is 4.99 Å². The number of aromatic hydroxyl groups is 1. The molecule has 0 spiro atoms. The molecule has 4 heteroatoms. The molecule has 0 aliphatic carbocycles. The SMILES string of the molecule is Cc1ccc2[nH]c(O)c(C=NCc3ccc(Cl)cc3)c2c1. The number of aliphatic imine (C=N–C) groups is 1. The average Bonchev–Trinajstić information content (AvgIpc) is 2.77. The minimum atomic E-state index is 0.149. The van der Waals surface area contributed by atoms with Crippen LogP contribution in [0.3, 0.4) is 0 Å². The maximum Gasteiger partial charge on any atom is 0.198 e. The molecule has 1 heterocycles. The second-order valence-corrected chi connectivity index (χ2v) is 5.47. The van der Waals surface area contributed by atoms with Crippen LogP contribution in [0, 0.1) is 6.92 Å². The third kappa shape index (κ3) is 2.93. The summed E-state index contributed by atoms with van der Waals surface area (Å²) in [6.45, 7) is 2.58. The number of nitrogens with zero attached hydrogens (tertiary/aromatic N) is 1. The van der Waals surface area contributed by atoms with E-state index < -0.39 is 0 Å². The highest BCUT2D eigenvalue weighted by atomic mass is 35.5. The van der Waals surface area contributed by atoms with Gasteiger partial charge in [-0.15, -0.1) is 0 Å². The molecular weight excluding hydrogens is 284 g/mol. The Morgan fingerprint density at radius 1 is 1.19 bits per heavy atom. The molecule has 0 saturated carbocycles. The Bertz CT molecular complexity index is 804. The van der Waals surface area contributed by atoms with Gasteiger partial charge in [0.2, 0.25) is 0 Å². The van der Waals surface area contributed by atoms with Gasteiger partial charge in [0, 0.05) is 22.1 Å². The Labute approximate surface area is 127 Å². The van der Waals surface area contributed by atoms with Crippen molar-refractivity contribution in [2.45, 2.75) is 13.5 Å². The number of aryl methyl sites for hydroxylation is 1. The van der Waals surface area contributed by atoms with Crippen molar-refractivity contribution in [3.05, 3.63) is 64.2 Å². The summed E-state index contributed by atoms with van der Waals surface area (Å²) in [5.74, 6) is 0.149. The molecule has 1 aromatic heterocycles. The van der Waals surface area contributed by atoms with E-state index in [0.717, 1.165) is 27.6 Å². The Kier molecular flexibility index (Phi) is 3.67. The zero-order chi connectivity index (χ0) is 14.8. The normalized spacial score (nSPS) is 11.5. The summed E-state index contributed by atoms with van der Waals surface area (Å²) < 4.78 is 0. The lowest BCUT2D eigenvalue weighted by Crippen LogP contribution is -1.84. The molecule has 3 aromatic rings. The summed E-state index contributed by atoms with van der Waals surface area (Å²) >= 11 is 5.85. The second kappa shape index (κ2) is 5.62. The molecule has 0 aliphatic heterocycles. The van der Waals surface area contributed by atoms with Crippen LogP contribution in [0.5, 0.6) is 5.88 Å². The number of halogens is 1. The van der Waals surface area contributed by atoms with Crippen LogP contribution in [-0.4, -0.2) is 16.3 Å². The first-order valence-electron chi connectivity index (χ1n) is 6.69. The minimum absolute atomic E-state index is 0.149. The van der Waals surface area contributed by atoms with Crippen molar-refractivity contribution in [1.82, 2.24) is 4.98 Å². The maximum absolute atomic E-state index is 9.99. The lowest BCUT2D eigenvalue weighted by molar-refractivity contribution is 0.457. The van der Waals surface area contributed by atoms with Crippen LogP contribution in [0.25, 0.3) is 10.9 Å². The fourth-order valence-corrected chi connectivity index (χ4v) is 2.40. The van der Waals surface area contributed by atoms with E-state index in [4.69, 9.17) is 11.6 Å². The fraction of sp³-hybridized carbons (Fsp3) is 0.118. The molecule has 0 unspecified atom stereocenters. The third-order valence-corrected chi connectivity index (χ3v) is 3.63. The van der Waals surface area contributed by atoms with Crippen LogP contribution >= 0.6 is 11.6 Å². The average molecular weight is 299 g/mol. The zero-order valence-electron chi connectivity index (χ0n) is 11.6. The number of rotatable bonds is 3. The van der Waals surface area contributed by atoms with E-state index in [0.29, 0.717) is 11.6 Å². The van der Waals surface area contributed by atoms with Gasteiger partial charge in [0.05, 0.1) is 12.1 Å². The molecule has 2 aromatic carbocycles. The smallest absolute Gasteiger partial charge is 0.198 e.